The number of nitrogens with one attached hydrogen (secondary N) is 2. The van der Waals surface area contributed by atoms with E-state index in [9.17, 15) is 5.11 Å². The Morgan fingerprint density at radius 1 is 1.44 bits per heavy atom. The summed E-state index contributed by atoms with van der Waals surface area (Å²) in [5, 5.41) is 19.3. The normalized spacial score (nSPS) is 21.3. The Morgan fingerprint density at radius 3 is 2.88 bits per heavy atom. The number of likely N-dealkylation sites (tertiary alicyclic amines) is 1. The van der Waals surface area contributed by atoms with Crippen LogP contribution in [0.3, 0.4) is 0 Å². The van der Waals surface area contributed by atoms with Gasteiger partial charge in [0.05, 0.1) is 6.54 Å². The molecule has 25 heavy (non-hydrogen) atoms. The number of halogens is 1. The zero-order valence-electron chi connectivity index (χ0n) is 15.6. The Labute approximate surface area is 173 Å². The standard InChI is InChI=1S/C18H32N4OS.HI/c1-4-19-17(20-12-15-8-6-10-22(5-2)13-15)21-14-18(3,23)16-9-7-11-24-16;/h7,9,11,15,23H,4-6,8,10,12-14H2,1-3H3,(H2,19,20,21);1H. The molecular formula is C18H33IN4OS. The molecule has 2 unspecified atom stereocenters. The number of nitrogens with zero attached hydrogens (tertiary/aromatic N) is 2. The average molecular weight is 480 g/mol. The van der Waals surface area contributed by atoms with Crippen molar-refractivity contribution in [3.05, 3.63) is 22.4 Å². The lowest BCUT2D eigenvalue weighted by molar-refractivity contribution is 0.0711. The van der Waals surface area contributed by atoms with Crippen LogP contribution in [0.2, 0.25) is 0 Å². The van der Waals surface area contributed by atoms with E-state index in [0.717, 1.165) is 37.0 Å². The molecule has 0 aromatic carbocycles. The lowest BCUT2D eigenvalue weighted by atomic mass is 9.98. The summed E-state index contributed by atoms with van der Waals surface area (Å²) in [6, 6.07) is 3.92. The summed E-state index contributed by atoms with van der Waals surface area (Å²) in [6.45, 7) is 11.7. The number of thiophene rings is 1. The summed E-state index contributed by atoms with van der Waals surface area (Å²) in [7, 11) is 0. The van der Waals surface area contributed by atoms with E-state index >= 15 is 0 Å². The van der Waals surface area contributed by atoms with E-state index in [0.29, 0.717) is 12.5 Å². The van der Waals surface area contributed by atoms with Crippen LogP contribution in [-0.4, -0.2) is 55.2 Å². The second kappa shape index (κ2) is 11.4. The first-order valence-electron chi connectivity index (χ1n) is 9.06. The zero-order chi connectivity index (χ0) is 17.4. The van der Waals surface area contributed by atoms with Crippen LogP contribution in [0.4, 0.5) is 0 Å². The predicted molar refractivity (Wildman–Crippen MR) is 118 cm³/mol. The molecule has 2 heterocycles. The molecule has 1 aromatic rings. The fourth-order valence-corrected chi connectivity index (χ4v) is 3.86. The lowest BCUT2D eigenvalue weighted by Gasteiger charge is -2.32. The molecule has 0 spiro atoms. The first kappa shape index (κ1) is 22.7. The lowest BCUT2D eigenvalue weighted by Crippen LogP contribution is -2.44. The van der Waals surface area contributed by atoms with Crippen molar-refractivity contribution in [1.82, 2.24) is 15.5 Å². The van der Waals surface area contributed by atoms with Crippen LogP contribution in [0, 0.1) is 5.92 Å². The highest BCUT2D eigenvalue weighted by atomic mass is 127. The van der Waals surface area contributed by atoms with Crippen molar-refractivity contribution in [2.24, 2.45) is 10.9 Å². The second-order valence-electron chi connectivity index (χ2n) is 6.73. The highest BCUT2D eigenvalue weighted by molar-refractivity contribution is 14.0. The Morgan fingerprint density at radius 2 is 2.24 bits per heavy atom. The van der Waals surface area contributed by atoms with Gasteiger partial charge in [-0.1, -0.05) is 13.0 Å². The molecule has 5 nitrogen and oxygen atoms in total. The van der Waals surface area contributed by atoms with Crippen LogP contribution in [0.5, 0.6) is 0 Å². The van der Waals surface area contributed by atoms with Crippen LogP contribution < -0.4 is 10.6 Å². The predicted octanol–water partition coefficient (Wildman–Crippen LogP) is 2.86. The van der Waals surface area contributed by atoms with Gasteiger partial charge in [-0.3, -0.25) is 0 Å². The molecule has 7 heteroatoms. The first-order valence-corrected chi connectivity index (χ1v) is 9.94. The maximum Gasteiger partial charge on any atom is 0.191 e. The maximum atomic E-state index is 10.6. The molecule has 2 atom stereocenters. The molecule has 1 fully saturated rings. The quantitative estimate of drug-likeness (QED) is 0.319. The minimum Gasteiger partial charge on any atom is -0.383 e. The fraction of sp³-hybridized carbons (Fsp3) is 0.722. The molecule has 0 saturated carbocycles. The molecule has 0 aliphatic carbocycles. The molecule has 144 valence electrons. The van der Waals surface area contributed by atoms with E-state index in [1.54, 1.807) is 11.3 Å². The van der Waals surface area contributed by atoms with Crippen LogP contribution in [-0.2, 0) is 5.60 Å². The van der Waals surface area contributed by atoms with Crippen molar-refractivity contribution < 1.29 is 5.11 Å². The van der Waals surface area contributed by atoms with Crippen molar-refractivity contribution in [3.63, 3.8) is 0 Å². The van der Waals surface area contributed by atoms with Gasteiger partial charge in [0.1, 0.15) is 5.60 Å². The molecule has 3 N–H and O–H groups in total. The number of aliphatic imine (C=N–C) groups is 1. The van der Waals surface area contributed by atoms with Crippen LogP contribution in [0.1, 0.15) is 38.5 Å². The summed E-state index contributed by atoms with van der Waals surface area (Å²) >= 11 is 1.57. The zero-order valence-corrected chi connectivity index (χ0v) is 18.8. The summed E-state index contributed by atoms with van der Waals surface area (Å²) in [6.07, 6.45) is 2.55. The summed E-state index contributed by atoms with van der Waals surface area (Å²) in [5.41, 5.74) is -0.916. The molecular weight excluding hydrogens is 447 g/mol. The summed E-state index contributed by atoms with van der Waals surface area (Å²) in [4.78, 5) is 8.07. The molecule has 0 bridgehead atoms. The van der Waals surface area contributed by atoms with Gasteiger partial charge in [0.15, 0.2) is 5.96 Å². The van der Waals surface area contributed by atoms with E-state index in [4.69, 9.17) is 0 Å². The van der Waals surface area contributed by atoms with Gasteiger partial charge in [-0.25, -0.2) is 4.99 Å². The Kier molecular flexibility index (Phi) is 10.3. The largest absolute Gasteiger partial charge is 0.383 e. The van der Waals surface area contributed by atoms with E-state index in [2.05, 4.69) is 34.4 Å². The van der Waals surface area contributed by atoms with Gasteiger partial charge in [0.25, 0.3) is 0 Å². The Bertz CT molecular complexity index is 507. The third-order valence-corrected chi connectivity index (χ3v) is 5.67. The SMILES string of the molecule is CCNC(=NCC(C)(O)c1cccs1)NCC1CCCN(CC)C1.I. The van der Waals surface area contributed by atoms with Gasteiger partial charge in [-0.2, -0.15) is 0 Å². The van der Waals surface area contributed by atoms with Gasteiger partial charge in [0, 0.05) is 24.5 Å². The van der Waals surface area contributed by atoms with E-state index in [-0.39, 0.29) is 24.0 Å². The Balaban J connectivity index is 0.00000312. The third-order valence-electron chi connectivity index (χ3n) is 4.55. The van der Waals surface area contributed by atoms with Crippen LogP contribution in [0.15, 0.2) is 22.5 Å². The molecule has 2 rings (SSSR count). The summed E-state index contributed by atoms with van der Waals surface area (Å²) in [5.74, 6) is 1.46. The van der Waals surface area contributed by atoms with E-state index < -0.39 is 5.60 Å². The van der Waals surface area contributed by atoms with Crippen molar-refractivity contribution in [2.75, 3.05) is 39.3 Å². The average Bonchev–Trinajstić information content (AvgIpc) is 3.13. The topological polar surface area (TPSA) is 59.9 Å². The smallest absolute Gasteiger partial charge is 0.191 e. The van der Waals surface area contributed by atoms with Gasteiger partial charge < -0.3 is 20.6 Å². The van der Waals surface area contributed by atoms with Crippen molar-refractivity contribution in [1.29, 1.82) is 0 Å². The molecule has 1 saturated heterocycles. The molecule has 1 aliphatic rings. The van der Waals surface area contributed by atoms with Crippen molar-refractivity contribution >= 4 is 41.3 Å². The fourth-order valence-electron chi connectivity index (χ4n) is 3.08. The summed E-state index contributed by atoms with van der Waals surface area (Å²) < 4.78 is 0. The van der Waals surface area contributed by atoms with Gasteiger partial charge >= 0.3 is 0 Å². The van der Waals surface area contributed by atoms with Crippen molar-refractivity contribution in [2.45, 2.75) is 39.2 Å². The van der Waals surface area contributed by atoms with Gasteiger partial charge in [0.2, 0.25) is 0 Å². The van der Waals surface area contributed by atoms with Crippen LogP contribution >= 0.6 is 35.3 Å². The molecule has 1 aliphatic heterocycles. The molecule has 0 amide bonds. The minimum atomic E-state index is -0.916. The van der Waals surface area contributed by atoms with E-state index in [1.807, 2.05) is 24.4 Å². The number of piperidine rings is 1. The van der Waals surface area contributed by atoms with Crippen molar-refractivity contribution in [3.8, 4) is 0 Å². The second-order valence-corrected chi connectivity index (χ2v) is 7.68. The number of rotatable bonds is 7. The molecule has 0 radical (unpaired) electrons. The highest BCUT2D eigenvalue weighted by Crippen LogP contribution is 2.25. The van der Waals surface area contributed by atoms with Gasteiger partial charge in [-0.05, 0) is 57.1 Å². The number of guanidine groups is 1. The monoisotopic (exact) mass is 480 g/mol. The minimum absolute atomic E-state index is 0. The Hall–Kier alpha value is -0.380. The number of hydrogen-bond acceptors (Lipinski definition) is 4. The van der Waals surface area contributed by atoms with Gasteiger partial charge in [-0.15, -0.1) is 35.3 Å². The third kappa shape index (κ3) is 7.40. The number of hydrogen-bond donors (Lipinski definition) is 3. The highest BCUT2D eigenvalue weighted by Gasteiger charge is 2.24. The van der Waals surface area contributed by atoms with E-state index in [1.165, 1.54) is 19.4 Å². The first-order chi connectivity index (χ1) is 11.5. The van der Waals surface area contributed by atoms with Crippen LogP contribution in [0.25, 0.3) is 0 Å². The number of aliphatic hydroxyl groups is 1. The maximum absolute atomic E-state index is 10.6. The molecule has 1 aromatic heterocycles.